The van der Waals surface area contributed by atoms with Crippen LogP contribution in [0.5, 0.6) is 0 Å². The molecule has 17 heavy (non-hydrogen) atoms. The fourth-order valence-corrected chi connectivity index (χ4v) is 5.15. The molecule has 96 valence electrons. The Balaban J connectivity index is 2.02. The second-order valence-corrected chi connectivity index (χ2v) is 7.65. The van der Waals surface area contributed by atoms with Gasteiger partial charge in [-0.3, -0.25) is 4.79 Å². The zero-order valence-corrected chi connectivity index (χ0v) is 11.5. The van der Waals surface area contributed by atoms with Crippen LogP contribution in [0.3, 0.4) is 0 Å². The Morgan fingerprint density at radius 1 is 1.24 bits per heavy atom. The van der Waals surface area contributed by atoms with Crippen molar-refractivity contribution in [3.05, 3.63) is 0 Å². The monoisotopic (exact) mass is 236 g/mol. The van der Waals surface area contributed by atoms with Gasteiger partial charge in [0.25, 0.3) is 0 Å². The fourth-order valence-electron chi connectivity index (χ4n) is 5.15. The molecule has 3 aliphatic rings. The summed E-state index contributed by atoms with van der Waals surface area (Å²) in [6.07, 6.45) is 4.37. The Labute approximate surface area is 104 Å². The van der Waals surface area contributed by atoms with Crippen LogP contribution in [0.25, 0.3) is 0 Å². The third kappa shape index (κ3) is 1.39. The number of Topliss-reactive ketones (excluding diaryl/α,β-unsaturated/α-hetero) is 1. The molecule has 0 radical (unpaired) electrons. The number of epoxide rings is 1. The zero-order chi connectivity index (χ0) is 12.5. The highest BCUT2D eigenvalue weighted by molar-refractivity contribution is 5.93. The van der Waals surface area contributed by atoms with E-state index in [4.69, 9.17) is 4.74 Å². The molecule has 4 atom stereocenters. The number of hydrogen-bond donors (Lipinski definition) is 0. The summed E-state index contributed by atoms with van der Waals surface area (Å²) in [5, 5.41) is 0. The maximum absolute atomic E-state index is 12.2. The van der Waals surface area contributed by atoms with Crippen LogP contribution in [0.1, 0.15) is 53.4 Å². The average molecular weight is 236 g/mol. The van der Waals surface area contributed by atoms with Gasteiger partial charge in [0, 0.05) is 11.8 Å². The third-order valence-corrected chi connectivity index (χ3v) is 5.53. The molecule has 1 saturated heterocycles. The van der Waals surface area contributed by atoms with Crippen molar-refractivity contribution >= 4 is 5.78 Å². The van der Waals surface area contributed by atoms with Gasteiger partial charge in [0.15, 0.2) is 11.4 Å². The van der Waals surface area contributed by atoms with Gasteiger partial charge in [0.05, 0.1) is 6.61 Å². The van der Waals surface area contributed by atoms with Gasteiger partial charge in [0.2, 0.25) is 0 Å². The average Bonchev–Trinajstić information content (AvgIpc) is 2.91. The van der Waals surface area contributed by atoms with Crippen molar-refractivity contribution in [3.63, 3.8) is 0 Å². The lowest BCUT2D eigenvalue weighted by Gasteiger charge is -2.49. The van der Waals surface area contributed by atoms with Crippen LogP contribution in [0.15, 0.2) is 0 Å². The maximum Gasteiger partial charge on any atom is 0.167 e. The molecule has 2 heteroatoms. The Hall–Kier alpha value is -0.370. The summed E-state index contributed by atoms with van der Waals surface area (Å²) in [7, 11) is 0. The Morgan fingerprint density at radius 2 is 1.88 bits per heavy atom. The van der Waals surface area contributed by atoms with Crippen LogP contribution in [0.4, 0.5) is 0 Å². The van der Waals surface area contributed by atoms with Crippen LogP contribution in [-0.2, 0) is 9.53 Å². The number of hydrogen-bond acceptors (Lipinski definition) is 2. The molecule has 2 spiro atoms. The number of ketones is 1. The minimum atomic E-state index is -0.363. The second kappa shape index (κ2) is 3.14. The number of carbonyl (C=O) groups is 1. The van der Waals surface area contributed by atoms with E-state index in [1.807, 2.05) is 0 Å². The molecule has 2 saturated carbocycles. The molecule has 1 aliphatic heterocycles. The summed E-state index contributed by atoms with van der Waals surface area (Å²) in [6.45, 7) is 10.0. The van der Waals surface area contributed by atoms with Crippen molar-refractivity contribution in [1.29, 1.82) is 0 Å². The number of carbonyl (C=O) groups excluding carboxylic acids is 1. The van der Waals surface area contributed by atoms with Gasteiger partial charge < -0.3 is 4.74 Å². The Kier molecular flexibility index (Phi) is 2.16. The summed E-state index contributed by atoms with van der Waals surface area (Å²) in [5.74, 6) is 1.60. The molecule has 0 aromatic heterocycles. The first kappa shape index (κ1) is 11.7. The van der Waals surface area contributed by atoms with Crippen LogP contribution >= 0.6 is 0 Å². The van der Waals surface area contributed by atoms with E-state index in [1.54, 1.807) is 0 Å². The molecule has 0 aromatic carbocycles. The van der Waals surface area contributed by atoms with E-state index in [0.717, 1.165) is 12.8 Å². The van der Waals surface area contributed by atoms with E-state index in [0.29, 0.717) is 29.6 Å². The molecule has 1 heterocycles. The molecule has 3 fully saturated rings. The van der Waals surface area contributed by atoms with Gasteiger partial charge in [-0.05, 0) is 36.5 Å². The standard InChI is InChI=1S/C15H24O2/c1-10-6-13(3,4)8-14(7-10)11(2)5-12(16)15(14)9-17-15/h10-11H,5-9H2,1-4H3. The normalized spacial score (nSPS) is 52.4. The lowest BCUT2D eigenvalue weighted by atomic mass is 9.54. The van der Waals surface area contributed by atoms with Crippen molar-refractivity contribution in [2.24, 2.45) is 22.7 Å². The van der Waals surface area contributed by atoms with Crippen molar-refractivity contribution in [3.8, 4) is 0 Å². The predicted molar refractivity (Wildman–Crippen MR) is 66.7 cm³/mol. The molecule has 2 nitrogen and oxygen atoms in total. The highest BCUT2D eigenvalue weighted by atomic mass is 16.6. The SMILES string of the molecule is CC1CC(C)(C)CC2(C1)C(C)CC(=O)C21CO1. The Morgan fingerprint density at radius 3 is 2.41 bits per heavy atom. The van der Waals surface area contributed by atoms with Gasteiger partial charge in [-0.25, -0.2) is 0 Å². The van der Waals surface area contributed by atoms with Crippen LogP contribution in [0.2, 0.25) is 0 Å². The molecule has 4 unspecified atom stereocenters. The predicted octanol–water partition coefficient (Wildman–Crippen LogP) is 3.20. The highest BCUT2D eigenvalue weighted by Gasteiger charge is 2.73. The molecular formula is C15H24O2. The van der Waals surface area contributed by atoms with E-state index in [1.165, 1.54) is 12.8 Å². The van der Waals surface area contributed by atoms with Gasteiger partial charge in [-0.1, -0.05) is 27.7 Å². The molecule has 2 aliphatic carbocycles. The van der Waals surface area contributed by atoms with E-state index in [-0.39, 0.29) is 11.0 Å². The smallest absolute Gasteiger partial charge is 0.167 e. The third-order valence-electron chi connectivity index (χ3n) is 5.53. The Bertz CT molecular complexity index is 367. The number of fused-ring (bicyclic) bond motifs is 1. The number of ether oxygens (including phenoxy) is 1. The van der Waals surface area contributed by atoms with Crippen LogP contribution in [0, 0.1) is 22.7 Å². The van der Waals surface area contributed by atoms with Gasteiger partial charge in [-0.15, -0.1) is 0 Å². The largest absolute Gasteiger partial charge is 0.361 e. The van der Waals surface area contributed by atoms with E-state index in [9.17, 15) is 4.79 Å². The lowest BCUT2D eigenvalue weighted by Crippen LogP contribution is -2.48. The van der Waals surface area contributed by atoms with Crippen molar-refractivity contribution in [2.45, 2.75) is 59.0 Å². The molecule has 0 N–H and O–H groups in total. The van der Waals surface area contributed by atoms with Crippen LogP contribution < -0.4 is 0 Å². The maximum atomic E-state index is 12.2. The van der Waals surface area contributed by atoms with Crippen molar-refractivity contribution < 1.29 is 9.53 Å². The quantitative estimate of drug-likeness (QED) is 0.604. The molecule has 3 rings (SSSR count). The minimum Gasteiger partial charge on any atom is -0.361 e. The van der Waals surface area contributed by atoms with E-state index < -0.39 is 0 Å². The first-order valence-corrected chi connectivity index (χ1v) is 6.99. The first-order chi connectivity index (χ1) is 7.81. The summed E-state index contributed by atoms with van der Waals surface area (Å²) < 4.78 is 5.73. The lowest BCUT2D eigenvalue weighted by molar-refractivity contribution is -0.126. The van der Waals surface area contributed by atoms with Gasteiger partial charge in [-0.2, -0.15) is 0 Å². The topological polar surface area (TPSA) is 29.6 Å². The molecular weight excluding hydrogens is 212 g/mol. The number of rotatable bonds is 0. The summed E-state index contributed by atoms with van der Waals surface area (Å²) in [6, 6.07) is 0. The van der Waals surface area contributed by atoms with Gasteiger partial charge >= 0.3 is 0 Å². The van der Waals surface area contributed by atoms with E-state index >= 15 is 0 Å². The van der Waals surface area contributed by atoms with Crippen molar-refractivity contribution in [2.75, 3.05) is 6.61 Å². The first-order valence-electron chi connectivity index (χ1n) is 6.99. The summed E-state index contributed by atoms with van der Waals surface area (Å²) in [5.41, 5.74) is 0.138. The zero-order valence-electron chi connectivity index (χ0n) is 11.5. The minimum absolute atomic E-state index is 0.144. The van der Waals surface area contributed by atoms with E-state index in [2.05, 4.69) is 27.7 Å². The van der Waals surface area contributed by atoms with Crippen molar-refractivity contribution in [1.82, 2.24) is 0 Å². The summed E-state index contributed by atoms with van der Waals surface area (Å²) >= 11 is 0. The van der Waals surface area contributed by atoms with Gasteiger partial charge in [0.1, 0.15) is 0 Å². The molecule has 0 aromatic rings. The fraction of sp³-hybridized carbons (Fsp3) is 0.933. The summed E-state index contributed by atoms with van der Waals surface area (Å²) in [4.78, 5) is 12.2. The molecule has 0 bridgehead atoms. The van der Waals surface area contributed by atoms with Crippen LogP contribution in [-0.4, -0.2) is 18.0 Å². The highest BCUT2D eigenvalue weighted by Crippen LogP contribution is 2.66. The molecule has 0 amide bonds. The second-order valence-electron chi connectivity index (χ2n) is 7.65.